The van der Waals surface area contributed by atoms with Crippen LogP contribution < -0.4 is 4.90 Å². The predicted octanol–water partition coefficient (Wildman–Crippen LogP) is 5.02. The van der Waals surface area contributed by atoms with E-state index in [1.165, 1.54) is 11.8 Å². The molecule has 0 bridgehead atoms. The fourth-order valence-corrected chi connectivity index (χ4v) is 4.89. The molecule has 9 heteroatoms. The van der Waals surface area contributed by atoms with Crippen LogP contribution in [0.1, 0.15) is 12.0 Å². The van der Waals surface area contributed by atoms with Crippen molar-refractivity contribution < 1.29 is 13.0 Å². The molecular weight excluding hydrogens is 456 g/mol. The maximum absolute atomic E-state index is 11.1. The molecule has 0 radical (unpaired) electrons. The molecule has 164 valence electrons. The van der Waals surface area contributed by atoms with Crippen LogP contribution in [0.2, 0.25) is 0 Å². The Hall–Kier alpha value is -3.81. The second-order valence-electron chi connectivity index (χ2n) is 6.87. The number of rotatable bonds is 7. The molecule has 7 nitrogen and oxygen atoms in total. The molecule has 1 aliphatic rings. The van der Waals surface area contributed by atoms with Gasteiger partial charge in [0.15, 0.2) is 0 Å². The van der Waals surface area contributed by atoms with Crippen molar-refractivity contribution in [2.45, 2.75) is 11.3 Å². The minimum absolute atomic E-state index is 0.163. The summed E-state index contributed by atoms with van der Waals surface area (Å²) in [7, 11) is -4.07. The third kappa shape index (κ3) is 5.91. The molecule has 2 aromatic carbocycles. The van der Waals surface area contributed by atoms with Crippen LogP contribution in [0, 0.1) is 29.2 Å². The Morgan fingerprint density at radius 3 is 2.45 bits per heavy atom. The first-order valence-electron chi connectivity index (χ1n) is 9.77. The number of thioether (sulfide) groups is 1. The average molecular weight is 475 g/mol. The predicted molar refractivity (Wildman–Crippen MR) is 128 cm³/mol. The van der Waals surface area contributed by atoms with E-state index in [0.717, 1.165) is 15.6 Å². The van der Waals surface area contributed by atoms with Gasteiger partial charge < -0.3 is 4.90 Å². The number of fused-ring (bicyclic) bond motifs is 1. The van der Waals surface area contributed by atoms with Crippen LogP contribution in [0.4, 0.5) is 5.69 Å². The first-order chi connectivity index (χ1) is 15.9. The number of nitriles is 2. The lowest BCUT2D eigenvalue weighted by atomic mass is 9.96. The molecule has 2 aromatic rings. The Morgan fingerprint density at radius 1 is 1.12 bits per heavy atom. The third-order valence-corrected chi connectivity index (χ3v) is 6.66. The molecule has 0 amide bonds. The Balaban J connectivity index is 2.02. The largest absolute Gasteiger partial charge is 0.335 e. The SMILES string of the molecule is [C-]#[N+]C(C#N)=C(C(C#N)=CC=C1Sc2ccccc2N1CCCS(=O)(=O)O)c1ccccc1. The van der Waals surface area contributed by atoms with E-state index >= 15 is 0 Å². The highest BCUT2D eigenvalue weighted by molar-refractivity contribution is 8.03. The smallest absolute Gasteiger partial charge is 0.270 e. The van der Waals surface area contributed by atoms with Gasteiger partial charge in [0, 0.05) is 17.0 Å². The minimum atomic E-state index is -4.07. The van der Waals surface area contributed by atoms with E-state index in [-0.39, 0.29) is 29.0 Å². The van der Waals surface area contributed by atoms with Crippen molar-refractivity contribution in [3.8, 4) is 12.1 Å². The monoisotopic (exact) mass is 474 g/mol. The fourth-order valence-electron chi connectivity index (χ4n) is 3.31. The zero-order valence-electron chi connectivity index (χ0n) is 17.3. The van der Waals surface area contributed by atoms with Crippen molar-refractivity contribution in [3.63, 3.8) is 0 Å². The van der Waals surface area contributed by atoms with Crippen LogP contribution >= 0.6 is 11.8 Å². The second-order valence-corrected chi connectivity index (χ2v) is 9.51. The lowest BCUT2D eigenvalue weighted by Crippen LogP contribution is -2.21. The highest BCUT2D eigenvalue weighted by Gasteiger charge is 2.24. The molecule has 33 heavy (non-hydrogen) atoms. The fraction of sp³-hybridized carbons (Fsp3) is 0.125. The molecule has 0 spiro atoms. The van der Waals surface area contributed by atoms with Gasteiger partial charge in [-0.05, 0) is 36.3 Å². The van der Waals surface area contributed by atoms with Gasteiger partial charge >= 0.3 is 0 Å². The topological polar surface area (TPSA) is 110 Å². The molecule has 3 rings (SSSR count). The lowest BCUT2D eigenvalue weighted by Gasteiger charge is -2.20. The van der Waals surface area contributed by atoms with Crippen molar-refractivity contribution in [2.24, 2.45) is 0 Å². The molecule has 0 fully saturated rings. The Morgan fingerprint density at radius 2 is 1.82 bits per heavy atom. The van der Waals surface area contributed by atoms with Crippen LogP contribution in [0.5, 0.6) is 0 Å². The second kappa shape index (κ2) is 10.7. The minimum Gasteiger partial charge on any atom is -0.335 e. The summed E-state index contributed by atoms with van der Waals surface area (Å²) in [5.74, 6) is -0.361. The summed E-state index contributed by atoms with van der Waals surface area (Å²) in [5.41, 5.74) is 1.72. The zero-order chi connectivity index (χ0) is 23.8. The van der Waals surface area contributed by atoms with Gasteiger partial charge in [0.05, 0.1) is 40.8 Å². The van der Waals surface area contributed by atoms with Crippen LogP contribution in [-0.4, -0.2) is 25.3 Å². The molecule has 0 atom stereocenters. The molecule has 0 aliphatic carbocycles. The van der Waals surface area contributed by atoms with Crippen molar-refractivity contribution >= 4 is 33.1 Å². The van der Waals surface area contributed by atoms with Gasteiger partial charge in [0.1, 0.15) is 0 Å². The van der Waals surface area contributed by atoms with E-state index in [1.807, 2.05) is 35.2 Å². The first kappa shape index (κ1) is 23.8. The van der Waals surface area contributed by atoms with Gasteiger partial charge in [-0.15, -0.1) is 0 Å². The molecule has 0 aromatic heterocycles. The number of hydrogen-bond donors (Lipinski definition) is 1. The molecule has 1 aliphatic heterocycles. The number of nitrogens with zero attached hydrogens (tertiary/aromatic N) is 4. The normalized spacial score (nSPS) is 15.3. The van der Waals surface area contributed by atoms with Crippen molar-refractivity contribution in [1.29, 1.82) is 10.5 Å². The van der Waals surface area contributed by atoms with Gasteiger partial charge in [0.25, 0.3) is 15.8 Å². The summed E-state index contributed by atoms with van der Waals surface area (Å²) < 4.78 is 31.3. The maximum Gasteiger partial charge on any atom is 0.270 e. The van der Waals surface area contributed by atoms with Crippen molar-refractivity contribution in [2.75, 3.05) is 17.2 Å². The lowest BCUT2D eigenvalue weighted by molar-refractivity contribution is 0.481. The number of benzene rings is 2. The molecule has 1 N–H and O–H groups in total. The van der Waals surface area contributed by atoms with Gasteiger partial charge in [-0.3, -0.25) is 4.55 Å². The number of anilines is 1. The summed E-state index contributed by atoms with van der Waals surface area (Å²) in [6.07, 6.45) is 3.50. The zero-order valence-corrected chi connectivity index (χ0v) is 19.0. The maximum atomic E-state index is 11.1. The van der Waals surface area contributed by atoms with E-state index in [2.05, 4.69) is 10.9 Å². The van der Waals surface area contributed by atoms with Crippen molar-refractivity contribution in [3.05, 3.63) is 100 Å². The Labute approximate surface area is 197 Å². The van der Waals surface area contributed by atoms with E-state index in [0.29, 0.717) is 12.1 Å². The summed E-state index contributed by atoms with van der Waals surface area (Å²) in [5, 5.41) is 20.0. The quantitative estimate of drug-likeness (QED) is 0.260. The van der Waals surface area contributed by atoms with Gasteiger partial charge in [-0.2, -0.15) is 13.7 Å². The van der Waals surface area contributed by atoms with Crippen molar-refractivity contribution in [1.82, 2.24) is 0 Å². The molecule has 0 saturated carbocycles. The summed E-state index contributed by atoms with van der Waals surface area (Å²) >= 11 is 1.46. The molecule has 0 saturated heterocycles. The summed E-state index contributed by atoms with van der Waals surface area (Å²) in [4.78, 5) is 6.19. The van der Waals surface area contributed by atoms with Crippen LogP contribution in [0.25, 0.3) is 10.4 Å². The third-order valence-electron chi connectivity index (χ3n) is 4.72. The molecule has 1 heterocycles. The highest BCUT2D eigenvalue weighted by Crippen LogP contribution is 2.46. The van der Waals surface area contributed by atoms with Gasteiger partial charge in [0.2, 0.25) is 0 Å². The van der Waals surface area contributed by atoms with E-state index < -0.39 is 10.1 Å². The Kier molecular flexibility index (Phi) is 7.71. The molecule has 0 unspecified atom stereocenters. The summed E-state index contributed by atoms with van der Waals surface area (Å²) in [6.45, 7) is 7.71. The first-order valence-corrected chi connectivity index (χ1v) is 12.2. The number of hydrogen-bond acceptors (Lipinski definition) is 6. The highest BCUT2D eigenvalue weighted by atomic mass is 32.2. The number of allylic oxidation sites excluding steroid dienone is 5. The number of para-hydroxylation sites is 1. The van der Waals surface area contributed by atoms with E-state index in [1.54, 1.807) is 42.5 Å². The van der Waals surface area contributed by atoms with E-state index in [4.69, 9.17) is 11.1 Å². The van der Waals surface area contributed by atoms with Crippen LogP contribution in [0.3, 0.4) is 0 Å². The molecular formula is C24H18N4O3S2. The Bertz CT molecular complexity index is 1360. The average Bonchev–Trinajstić information content (AvgIpc) is 3.16. The van der Waals surface area contributed by atoms with E-state index in [9.17, 15) is 18.9 Å². The van der Waals surface area contributed by atoms with Crippen LogP contribution in [-0.2, 0) is 10.1 Å². The van der Waals surface area contributed by atoms with Gasteiger partial charge in [-0.1, -0.05) is 54.2 Å². The standard InChI is InChI=1S/C24H18N4O3S2/c1-27-20(17-26)24(18-8-3-2-4-9-18)19(16-25)12-13-23-28(14-7-15-33(29,30)31)21-10-5-6-11-22(21)32-23/h2-6,8-13H,7,14-15H2,(H,29,30,31). The summed E-state index contributed by atoms with van der Waals surface area (Å²) in [6, 6.07) is 20.4. The van der Waals surface area contributed by atoms with Gasteiger partial charge in [-0.25, -0.2) is 10.1 Å². The van der Waals surface area contributed by atoms with Crippen LogP contribution in [0.15, 0.2) is 87.9 Å².